The highest BCUT2D eigenvalue weighted by Crippen LogP contribution is 2.38. The van der Waals surface area contributed by atoms with Gasteiger partial charge in [-0.25, -0.2) is 4.79 Å². The van der Waals surface area contributed by atoms with Crippen molar-refractivity contribution in [2.45, 2.75) is 17.4 Å². The van der Waals surface area contributed by atoms with Crippen LogP contribution in [0.4, 0.5) is 16.2 Å². The monoisotopic (exact) mass is 417 g/mol. The van der Waals surface area contributed by atoms with Crippen LogP contribution in [0.5, 0.6) is 0 Å². The van der Waals surface area contributed by atoms with Crippen molar-refractivity contribution in [3.8, 4) is 0 Å². The van der Waals surface area contributed by atoms with Gasteiger partial charge < -0.3 is 15.0 Å². The Bertz CT molecular complexity index is 916. The SMILES string of the molecule is CN1C(=O)CSc2cc(N3C[C@H](CNC(=O)Cc4cccs4)OC3=O)ccc21. The van der Waals surface area contributed by atoms with Crippen molar-refractivity contribution in [2.75, 3.05) is 35.7 Å². The summed E-state index contributed by atoms with van der Waals surface area (Å²) in [5, 5.41) is 4.77. The molecule has 7 nitrogen and oxygen atoms in total. The van der Waals surface area contributed by atoms with Gasteiger partial charge in [0.25, 0.3) is 0 Å². The molecule has 2 aliphatic rings. The minimum absolute atomic E-state index is 0.0594. The van der Waals surface area contributed by atoms with Crippen molar-refractivity contribution in [1.29, 1.82) is 0 Å². The Balaban J connectivity index is 1.37. The molecule has 9 heteroatoms. The number of nitrogens with zero attached hydrogens (tertiary/aromatic N) is 2. The average molecular weight is 418 g/mol. The van der Waals surface area contributed by atoms with Gasteiger partial charge in [0.15, 0.2) is 0 Å². The molecule has 1 atom stereocenters. The second-order valence-corrected chi connectivity index (χ2v) is 8.62. The molecule has 3 amide bonds. The summed E-state index contributed by atoms with van der Waals surface area (Å²) in [6.45, 7) is 0.652. The van der Waals surface area contributed by atoms with E-state index in [1.165, 1.54) is 23.1 Å². The number of anilines is 2. The van der Waals surface area contributed by atoms with E-state index in [1.54, 1.807) is 16.8 Å². The number of benzene rings is 1. The Morgan fingerprint density at radius 1 is 1.32 bits per heavy atom. The number of nitrogens with one attached hydrogen (secondary N) is 1. The molecule has 0 saturated carbocycles. The molecule has 4 rings (SSSR count). The smallest absolute Gasteiger partial charge is 0.414 e. The number of hydrogen-bond donors (Lipinski definition) is 1. The second-order valence-electron chi connectivity index (χ2n) is 6.57. The molecule has 146 valence electrons. The largest absolute Gasteiger partial charge is 0.442 e. The molecule has 0 radical (unpaired) electrons. The third kappa shape index (κ3) is 3.85. The van der Waals surface area contributed by atoms with Crippen LogP contribution in [0.15, 0.2) is 40.6 Å². The van der Waals surface area contributed by atoms with Gasteiger partial charge in [0.05, 0.1) is 31.0 Å². The molecule has 0 unspecified atom stereocenters. The van der Waals surface area contributed by atoms with Crippen LogP contribution < -0.4 is 15.1 Å². The lowest BCUT2D eigenvalue weighted by Gasteiger charge is -2.26. The van der Waals surface area contributed by atoms with Crippen LogP contribution in [0.25, 0.3) is 0 Å². The number of fused-ring (bicyclic) bond motifs is 1. The molecule has 0 aliphatic carbocycles. The number of carbonyl (C=O) groups is 3. The number of thiophene rings is 1. The molecule has 1 fully saturated rings. The lowest BCUT2D eigenvalue weighted by molar-refractivity contribution is -0.120. The summed E-state index contributed by atoms with van der Waals surface area (Å²) in [4.78, 5) is 41.3. The van der Waals surface area contributed by atoms with Crippen molar-refractivity contribution in [2.24, 2.45) is 0 Å². The standard InChI is InChI=1S/C19H19N3O4S2/c1-21-15-5-4-12(7-16(15)28-11-18(21)24)22-10-13(26-19(22)25)9-20-17(23)8-14-3-2-6-27-14/h2-7,13H,8-11H2,1H3,(H,20,23)/t13-/m0/s1. The molecule has 1 aromatic heterocycles. The lowest BCUT2D eigenvalue weighted by atomic mass is 10.2. The fourth-order valence-corrected chi connectivity index (χ4v) is 4.87. The summed E-state index contributed by atoms with van der Waals surface area (Å²) >= 11 is 3.00. The van der Waals surface area contributed by atoms with Crippen molar-refractivity contribution in [3.63, 3.8) is 0 Å². The maximum Gasteiger partial charge on any atom is 0.414 e. The minimum atomic E-state index is -0.428. The third-order valence-corrected chi connectivity index (χ3v) is 6.56. The summed E-state index contributed by atoms with van der Waals surface area (Å²) < 4.78 is 5.40. The summed E-state index contributed by atoms with van der Waals surface area (Å²) in [5.41, 5.74) is 1.57. The van der Waals surface area contributed by atoms with E-state index in [1.807, 2.05) is 35.7 Å². The molecule has 28 heavy (non-hydrogen) atoms. The lowest BCUT2D eigenvalue weighted by Crippen LogP contribution is -2.35. The molecular weight excluding hydrogens is 398 g/mol. The first kappa shape index (κ1) is 18.8. The zero-order valence-electron chi connectivity index (χ0n) is 15.2. The number of rotatable bonds is 5. The Kier molecular flexibility index (Phi) is 5.27. The summed E-state index contributed by atoms with van der Waals surface area (Å²) in [6, 6.07) is 9.39. The zero-order valence-corrected chi connectivity index (χ0v) is 16.8. The summed E-state index contributed by atoms with van der Waals surface area (Å²) in [6.07, 6.45) is -0.494. The van der Waals surface area contributed by atoms with Gasteiger partial charge >= 0.3 is 6.09 Å². The number of hydrogen-bond acceptors (Lipinski definition) is 6. The van der Waals surface area contributed by atoms with E-state index < -0.39 is 12.2 Å². The van der Waals surface area contributed by atoms with E-state index in [-0.39, 0.29) is 18.4 Å². The molecule has 0 spiro atoms. The summed E-state index contributed by atoms with van der Waals surface area (Å²) in [7, 11) is 1.75. The van der Waals surface area contributed by atoms with Crippen LogP contribution in [-0.4, -0.2) is 49.9 Å². The van der Waals surface area contributed by atoms with E-state index in [9.17, 15) is 14.4 Å². The highest BCUT2D eigenvalue weighted by atomic mass is 32.2. The Hall–Kier alpha value is -2.52. The predicted octanol–water partition coefficient (Wildman–Crippen LogP) is 2.50. The van der Waals surface area contributed by atoms with E-state index in [0.29, 0.717) is 18.7 Å². The van der Waals surface area contributed by atoms with Crippen LogP contribution in [0.3, 0.4) is 0 Å². The number of thioether (sulfide) groups is 1. The molecule has 2 aromatic rings. The third-order valence-electron chi connectivity index (χ3n) is 4.66. The molecular formula is C19H19N3O4S2. The van der Waals surface area contributed by atoms with Crippen LogP contribution in [0.2, 0.25) is 0 Å². The van der Waals surface area contributed by atoms with Gasteiger partial charge in [-0.15, -0.1) is 23.1 Å². The minimum Gasteiger partial charge on any atom is -0.442 e. The topological polar surface area (TPSA) is 79.0 Å². The number of carbonyl (C=O) groups excluding carboxylic acids is 3. The number of cyclic esters (lactones) is 1. The van der Waals surface area contributed by atoms with Crippen molar-refractivity contribution in [3.05, 3.63) is 40.6 Å². The second kappa shape index (κ2) is 7.84. The Labute approximate surface area is 170 Å². The fraction of sp³-hybridized carbons (Fsp3) is 0.316. The first-order valence-electron chi connectivity index (χ1n) is 8.82. The molecule has 1 N–H and O–H groups in total. The van der Waals surface area contributed by atoms with Gasteiger partial charge in [0.1, 0.15) is 6.10 Å². The normalized spacial score (nSPS) is 18.8. The Morgan fingerprint density at radius 2 is 2.18 bits per heavy atom. The van der Waals surface area contributed by atoms with Crippen molar-refractivity contribution >= 4 is 52.4 Å². The molecule has 1 aromatic carbocycles. The van der Waals surface area contributed by atoms with Crippen LogP contribution in [0.1, 0.15) is 4.88 Å². The van der Waals surface area contributed by atoms with E-state index in [0.717, 1.165) is 21.1 Å². The van der Waals surface area contributed by atoms with Gasteiger partial charge in [-0.3, -0.25) is 14.5 Å². The van der Waals surface area contributed by atoms with E-state index >= 15 is 0 Å². The van der Waals surface area contributed by atoms with Gasteiger partial charge in [-0.2, -0.15) is 0 Å². The van der Waals surface area contributed by atoms with Crippen LogP contribution in [-0.2, 0) is 20.7 Å². The highest BCUT2D eigenvalue weighted by molar-refractivity contribution is 8.00. The molecule has 2 aliphatic heterocycles. The average Bonchev–Trinajstić information content (AvgIpc) is 3.32. The van der Waals surface area contributed by atoms with Gasteiger partial charge in [0, 0.05) is 22.5 Å². The van der Waals surface area contributed by atoms with Crippen molar-refractivity contribution in [1.82, 2.24) is 5.32 Å². The molecule has 0 bridgehead atoms. The molecule has 1 saturated heterocycles. The van der Waals surface area contributed by atoms with Crippen LogP contribution in [0, 0.1) is 0 Å². The zero-order chi connectivity index (χ0) is 19.7. The highest BCUT2D eigenvalue weighted by Gasteiger charge is 2.33. The first-order chi connectivity index (χ1) is 13.5. The summed E-state index contributed by atoms with van der Waals surface area (Å²) in [5.74, 6) is 0.357. The number of ether oxygens (including phenoxy) is 1. The predicted molar refractivity (Wildman–Crippen MR) is 109 cm³/mol. The van der Waals surface area contributed by atoms with Crippen molar-refractivity contribution < 1.29 is 19.1 Å². The maximum atomic E-state index is 12.3. The first-order valence-corrected chi connectivity index (χ1v) is 10.7. The maximum absolute atomic E-state index is 12.3. The Morgan fingerprint density at radius 3 is 2.96 bits per heavy atom. The van der Waals surface area contributed by atoms with E-state index in [2.05, 4.69) is 5.32 Å². The fourth-order valence-electron chi connectivity index (χ4n) is 3.13. The van der Waals surface area contributed by atoms with Crippen LogP contribution >= 0.6 is 23.1 Å². The van der Waals surface area contributed by atoms with Gasteiger partial charge in [-0.05, 0) is 29.6 Å². The quantitative estimate of drug-likeness (QED) is 0.809. The number of amides is 3. The van der Waals surface area contributed by atoms with Gasteiger partial charge in [-0.1, -0.05) is 6.07 Å². The van der Waals surface area contributed by atoms with Gasteiger partial charge in [0.2, 0.25) is 11.8 Å². The van der Waals surface area contributed by atoms with E-state index in [4.69, 9.17) is 4.74 Å². The molecule has 3 heterocycles.